The van der Waals surface area contributed by atoms with Crippen molar-refractivity contribution >= 4 is 23.4 Å². The fourth-order valence-electron chi connectivity index (χ4n) is 2.89. The summed E-state index contributed by atoms with van der Waals surface area (Å²) in [7, 11) is 1.88. The van der Waals surface area contributed by atoms with Crippen molar-refractivity contribution in [2.24, 2.45) is 7.05 Å². The smallest absolute Gasteiger partial charge is 0.158 e. The van der Waals surface area contributed by atoms with Gasteiger partial charge in [-0.1, -0.05) is 6.07 Å². The van der Waals surface area contributed by atoms with Crippen LogP contribution in [0.5, 0.6) is 0 Å². The zero-order valence-corrected chi connectivity index (χ0v) is 12.0. The Morgan fingerprint density at radius 2 is 2.10 bits per heavy atom. The molecular formula is C15H13ClFN3. The molecule has 4 rings (SSSR count). The number of hydrogen-bond acceptors (Lipinski definition) is 2. The predicted molar refractivity (Wildman–Crippen MR) is 78.7 cm³/mol. The summed E-state index contributed by atoms with van der Waals surface area (Å²) in [5, 5.41) is 5.33. The molecule has 20 heavy (non-hydrogen) atoms. The van der Waals surface area contributed by atoms with Crippen molar-refractivity contribution in [1.29, 1.82) is 0 Å². The van der Waals surface area contributed by atoms with Gasteiger partial charge in [-0.3, -0.25) is 4.68 Å². The van der Waals surface area contributed by atoms with E-state index < -0.39 is 0 Å². The Morgan fingerprint density at radius 3 is 2.90 bits per heavy atom. The molecule has 5 heteroatoms. The summed E-state index contributed by atoms with van der Waals surface area (Å²) in [6, 6.07) is 4.95. The highest BCUT2D eigenvalue weighted by molar-refractivity contribution is 5.87. The maximum absolute atomic E-state index is 13.4. The lowest BCUT2D eigenvalue weighted by atomic mass is 10.1. The average molecular weight is 290 g/mol. The molecule has 0 aliphatic heterocycles. The van der Waals surface area contributed by atoms with Crippen molar-refractivity contribution in [2.75, 3.05) is 0 Å². The Morgan fingerprint density at radius 1 is 1.30 bits per heavy atom. The predicted octanol–water partition coefficient (Wildman–Crippen LogP) is 3.41. The highest BCUT2D eigenvalue weighted by Crippen LogP contribution is 2.39. The Hall–Kier alpha value is -1.94. The molecule has 0 atom stereocenters. The van der Waals surface area contributed by atoms with E-state index in [0.717, 1.165) is 34.3 Å². The van der Waals surface area contributed by atoms with Gasteiger partial charge in [0.2, 0.25) is 0 Å². The van der Waals surface area contributed by atoms with Gasteiger partial charge >= 0.3 is 0 Å². The first-order chi connectivity index (χ1) is 9.15. The molecule has 1 aliphatic carbocycles. The molecule has 0 fully saturated rings. The van der Waals surface area contributed by atoms with Crippen LogP contribution in [0.1, 0.15) is 16.7 Å². The number of rotatable bonds is 0. The monoisotopic (exact) mass is 289 g/mol. The van der Waals surface area contributed by atoms with Crippen LogP contribution in [0, 0.1) is 12.7 Å². The molecule has 3 aromatic rings. The fourth-order valence-corrected chi connectivity index (χ4v) is 2.89. The van der Waals surface area contributed by atoms with Gasteiger partial charge in [0.25, 0.3) is 0 Å². The third-order valence-electron chi connectivity index (χ3n) is 3.96. The number of pyridine rings is 1. The van der Waals surface area contributed by atoms with Gasteiger partial charge in [0, 0.05) is 24.4 Å². The van der Waals surface area contributed by atoms with Crippen molar-refractivity contribution in [3.8, 4) is 11.3 Å². The van der Waals surface area contributed by atoms with Crippen LogP contribution in [-0.4, -0.2) is 14.8 Å². The third-order valence-corrected chi connectivity index (χ3v) is 3.96. The van der Waals surface area contributed by atoms with Crippen LogP contribution in [-0.2, 0) is 13.5 Å². The molecule has 3 nitrogen and oxygen atoms in total. The number of benzene rings is 1. The summed E-state index contributed by atoms with van der Waals surface area (Å²) in [5.41, 5.74) is 6.22. The molecule has 0 unspecified atom stereocenters. The van der Waals surface area contributed by atoms with Crippen LogP contribution in [0.2, 0.25) is 0 Å². The standard InChI is InChI=1S/C15H12FN3.ClH/c1-8-11-5-9-3-4-10(16)6-12(9)14(11)18-15-13(8)7-17-19(15)2;/h3-4,6-7H,5H2,1-2H3;1H. The normalized spacial score (nSPS) is 12.2. The topological polar surface area (TPSA) is 30.7 Å². The molecule has 0 spiro atoms. The minimum atomic E-state index is -0.212. The number of aromatic nitrogens is 3. The van der Waals surface area contributed by atoms with Crippen molar-refractivity contribution < 1.29 is 4.39 Å². The van der Waals surface area contributed by atoms with E-state index in [-0.39, 0.29) is 18.2 Å². The molecule has 0 saturated heterocycles. The molecular weight excluding hydrogens is 277 g/mol. The summed E-state index contributed by atoms with van der Waals surface area (Å²) in [6.07, 6.45) is 2.68. The Kier molecular flexibility index (Phi) is 2.80. The van der Waals surface area contributed by atoms with Gasteiger partial charge in [-0.25, -0.2) is 9.37 Å². The van der Waals surface area contributed by atoms with Crippen molar-refractivity contribution in [3.63, 3.8) is 0 Å². The van der Waals surface area contributed by atoms with Crippen molar-refractivity contribution in [3.05, 3.63) is 46.9 Å². The fraction of sp³-hybridized carbons (Fsp3) is 0.200. The molecule has 1 aromatic carbocycles. The van der Waals surface area contributed by atoms with Crippen molar-refractivity contribution in [2.45, 2.75) is 13.3 Å². The summed E-state index contributed by atoms with van der Waals surface area (Å²) >= 11 is 0. The van der Waals surface area contributed by atoms with E-state index in [0.29, 0.717) is 0 Å². The first kappa shape index (κ1) is 13.1. The molecule has 1 aliphatic rings. The minimum absolute atomic E-state index is 0. The minimum Gasteiger partial charge on any atom is -0.250 e. The van der Waals surface area contributed by atoms with Crippen molar-refractivity contribution in [1.82, 2.24) is 14.8 Å². The number of halogens is 2. The zero-order valence-electron chi connectivity index (χ0n) is 11.1. The van der Waals surface area contributed by atoms with E-state index in [1.165, 1.54) is 17.2 Å². The van der Waals surface area contributed by atoms with Crippen LogP contribution in [0.4, 0.5) is 4.39 Å². The molecule has 0 N–H and O–H groups in total. The van der Waals surface area contributed by atoms with E-state index in [4.69, 9.17) is 4.98 Å². The van der Waals surface area contributed by atoms with Crippen LogP contribution >= 0.6 is 12.4 Å². The van der Waals surface area contributed by atoms with E-state index in [2.05, 4.69) is 12.0 Å². The van der Waals surface area contributed by atoms with Gasteiger partial charge in [-0.05, 0) is 35.7 Å². The van der Waals surface area contributed by atoms with E-state index in [9.17, 15) is 4.39 Å². The second-order valence-electron chi connectivity index (χ2n) is 5.05. The molecule has 2 heterocycles. The average Bonchev–Trinajstić information content (AvgIpc) is 2.93. The Labute approximate surface area is 121 Å². The Bertz CT molecular complexity index is 839. The van der Waals surface area contributed by atoms with Gasteiger partial charge in [-0.15, -0.1) is 12.4 Å². The third kappa shape index (κ3) is 1.58. The molecule has 102 valence electrons. The van der Waals surface area contributed by atoms with E-state index in [1.54, 1.807) is 10.7 Å². The van der Waals surface area contributed by atoms with Gasteiger partial charge in [0.05, 0.1) is 11.9 Å². The molecule has 0 saturated carbocycles. The first-order valence-electron chi connectivity index (χ1n) is 6.25. The maximum atomic E-state index is 13.4. The van der Waals surface area contributed by atoms with E-state index in [1.807, 2.05) is 19.3 Å². The second kappa shape index (κ2) is 4.28. The van der Waals surface area contributed by atoms with Gasteiger partial charge in [-0.2, -0.15) is 5.10 Å². The molecule has 0 amide bonds. The van der Waals surface area contributed by atoms with Crippen LogP contribution in [0.15, 0.2) is 24.4 Å². The largest absolute Gasteiger partial charge is 0.250 e. The molecule has 0 bridgehead atoms. The molecule has 2 aromatic heterocycles. The number of aryl methyl sites for hydroxylation is 2. The van der Waals surface area contributed by atoms with Gasteiger partial charge < -0.3 is 0 Å². The molecule has 0 radical (unpaired) electrons. The summed E-state index contributed by atoms with van der Waals surface area (Å²) in [5.74, 6) is -0.212. The second-order valence-corrected chi connectivity index (χ2v) is 5.05. The lowest BCUT2D eigenvalue weighted by Crippen LogP contribution is -1.96. The number of nitrogens with zero attached hydrogens (tertiary/aromatic N) is 3. The van der Waals surface area contributed by atoms with Gasteiger partial charge in [0.15, 0.2) is 5.65 Å². The highest BCUT2D eigenvalue weighted by atomic mass is 35.5. The highest BCUT2D eigenvalue weighted by Gasteiger charge is 2.24. The number of hydrogen-bond donors (Lipinski definition) is 0. The van der Waals surface area contributed by atoms with Gasteiger partial charge in [0.1, 0.15) is 5.82 Å². The SMILES string of the molecule is Cc1c2c(nc3c1cnn3C)-c1cc(F)ccc1C2.Cl. The van der Waals surface area contributed by atoms with Crippen LogP contribution in [0.3, 0.4) is 0 Å². The lowest BCUT2D eigenvalue weighted by Gasteiger charge is -2.05. The lowest BCUT2D eigenvalue weighted by molar-refractivity contribution is 0.628. The van der Waals surface area contributed by atoms with Crippen LogP contribution in [0.25, 0.3) is 22.3 Å². The summed E-state index contributed by atoms with van der Waals surface area (Å²) in [6.45, 7) is 2.09. The zero-order chi connectivity index (χ0) is 13.1. The quantitative estimate of drug-likeness (QED) is 0.497. The maximum Gasteiger partial charge on any atom is 0.158 e. The van der Waals surface area contributed by atoms with Crippen LogP contribution < -0.4 is 0 Å². The van der Waals surface area contributed by atoms with E-state index >= 15 is 0 Å². The summed E-state index contributed by atoms with van der Waals surface area (Å²) < 4.78 is 15.2. The number of fused-ring (bicyclic) bond motifs is 4. The summed E-state index contributed by atoms with van der Waals surface area (Å²) in [4.78, 5) is 4.69. The first-order valence-corrected chi connectivity index (χ1v) is 6.25. The Balaban J connectivity index is 0.00000121.